The average molecular weight is 499 g/mol. The minimum absolute atomic E-state index is 0.151. The second kappa shape index (κ2) is 11.2. The van der Waals surface area contributed by atoms with E-state index in [0.717, 1.165) is 18.8 Å². The quantitative estimate of drug-likeness (QED) is 0.485. The van der Waals surface area contributed by atoms with Crippen LogP contribution in [-0.4, -0.2) is 60.6 Å². The molecule has 35 heavy (non-hydrogen) atoms. The predicted molar refractivity (Wildman–Crippen MR) is 129 cm³/mol. The molecular formula is C25H30N4O5S. The van der Waals surface area contributed by atoms with E-state index in [1.807, 2.05) is 12.1 Å². The summed E-state index contributed by atoms with van der Waals surface area (Å²) in [5.41, 5.74) is 3.92. The Morgan fingerprint density at radius 3 is 2.51 bits per heavy atom. The molecular weight excluding hydrogens is 468 g/mol. The van der Waals surface area contributed by atoms with Crippen LogP contribution < -0.4 is 4.74 Å². The highest BCUT2D eigenvalue weighted by Crippen LogP contribution is 2.26. The van der Waals surface area contributed by atoms with Gasteiger partial charge in [0.05, 0.1) is 30.7 Å². The zero-order chi connectivity index (χ0) is 24.8. The summed E-state index contributed by atoms with van der Waals surface area (Å²) in [6.45, 7) is 5.22. The molecule has 4 rings (SSSR count). The second-order valence-electron chi connectivity index (χ2n) is 8.91. The summed E-state index contributed by atoms with van der Waals surface area (Å²) in [5, 5.41) is 9.63. The number of ether oxygens (including phenoxy) is 2. The third-order valence-electron chi connectivity index (χ3n) is 6.38. The van der Waals surface area contributed by atoms with Crippen molar-refractivity contribution in [3.05, 3.63) is 58.9 Å². The van der Waals surface area contributed by atoms with Gasteiger partial charge in [0, 0.05) is 32.7 Å². The highest BCUT2D eigenvalue weighted by Gasteiger charge is 2.30. The van der Waals surface area contributed by atoms with Crippen LogP contribution >= 0.6 is 0 Å². The van der Waals surface area contributed by atoms with Crippen LogP contribution in [0.2, 0.25) is 0 Å². The fourth-order valence-corrected chi connectivity index (χ4v) is 5.86. The minimum Gasteiger partial charge on any atom is -0.490 e. The van der Waals surface area contributed by atoms with Gasteiger partial charge in [-0.2, -0.15) is 5.26 Å². The SMILES string of the molecule is CCOC(=O)CS(=O)(=O)N1CCC(COc2cnc(CN3Cc4ccccc4C3)cc2C#N)CC1. The average Bonchev–Trinajstić information content (AvgIpc) is 3.25. The molecule has 0 aliphatic carbocycles. The fourth-order valence-electron chi connectivity index (χ4n) is 4.52. The third kappa shape index (κ3) is 6.36. The van der Waals surface area contributed by atoms with Gasteiger partial charge in [-0.1, -0.05) is 24.3 Å². The fraction of sp³-hybridized carbons (Fsp3) is 0.480. The van der Waals surface area contributed by atoms with Crippen LogP contribution in [0.4, 0.5) is 0 Å². The Kier molecular flexibility index (Phi) is 8.00. The first-order valence-corrected chi connectivity index (χ1v) is 13.4. The van der Waals surface area contributed by atoms with Crippen molar-refractivity contribution in [2.75, 3.05) is 32.1 Å². The molecule has 9 nitrogen and oxygen atoms in total. The first-order valence-electron chi connectivity index (χ1n) is 11.8. The van der Waals surface area contributed by atoms with E-state index in [4.69, 9.17) is 9.47 Å². The molecule has 0 spiro atoms. The number of hydrogen-bond donors (Lipinski definition) is 0. The summed E-state index contributed by atoms with van der Waals surface area (Å²) in [7, 11) is -3.68. The van der Waals surface area contributed by atoms with Crippen LogP contribution in [0.15, 0.2) is 36.5 Å². The molecule has 186 valence electrons. The smallest absolute Gasteiger partial charge is 0.322 e. The van der Waals surface area contributed by atoms with Crippen molar-refractivity contribution < 1.29 is 22.7 Å². The van der Waals surface area contributed by atoms with E-state index in [1.165, 1.54) is 15.4 Å². The molecule has 1 fully saturated rings. The number of carbonyl (C=O) groups is 1. The standard InChI is InChI=1S/C25H30N4O5S/c1-2-33-25(30)18-35(31,32)29-9-7-19(8-10-29)17-34-24-13-27-23(11-22(24)12-26)16-28-14-20-5-3-4-6-21(20)15-28/h3-6,11,13,19H,2,7-10,14-18H2,1H3. The molecule has 0 radical (unpaired) electrons. The Labute approximate surface area is 206 Å². The van der Waals surface area contributed by atoms with E-state index >= 15 is 0 Å². The van der Waals surface area contributed by atoms with Crippen molar-refractivity contribution in [2.24, 2.45) is 5.92 Å². The zero-order valence-electron chi connectivity index (χ0n) is 19.9. The molecule has 10 heteroatoms. The molecule has 2 aliphatic heterocycles. The van der Waals surface area contributed by atoms with Gasteiger partial charge >= 0.3 is 5.97 Å². The summed E-state index contributed by atoms with van der Waals surface area (Å²) in [4.78, 5) is 18.4. The number of fused-ring (bicyclic) bond motifs is 1. The van der Waals surface area contributed by atoms with Gasteiger partial charge in [-0.25, -0.2) is 12.7 Å². The molecule has 0 unspecified atom stereocenters. The Morgan fingerprint density at radius 2 is 1.89 bits per heavy atom. The number of sulfonamides is 1. The number of piperidine rings is 1. The van der Waals surface area contributed by atoms with Crippen LogP contribution in [0.25, 0.3) is 0 Å². The Hall–Kier alpha value is -3.00. The van der Waals surface area contributed by atoms with Gasteiger partial charge in [-0.15, -0.1) is 0 Å². The normalized spacial score (nSPS) is 17.0. The van der Waals surface area contributed by atoms with Crippen LogP contribution in [0.1, 0.15) is 42.1 Å². The summed E-state index contributed by atoms with van der Waals surface area (Å²) >= 11 is 0. The van der Waals surface area contributed by atoms with Crippen molar-refractivity contribution >= 4 is 16.0 Å². The van der Waals surface area contributed by atoms with E-state index in [-0.39, 0.29) is 12.5 Å². The molecule has 1 aromatic carbocycles. The van der Waals surface area contributed by atoms with Gasteiger partial charge < -0.3 is 9.47 Å². The number of hydrogen-bond acceptors (Lipinski definition) is 8. The van der Waals surface area contributed by atoms with E-state index < -0.39 is 21.7 Å². The van der Waals surface area contributed by atoms with Gasteiger partial charge in [-0.05, 0) is 42.9 Å². The lowest BCUT2D eigenvalue weighted by Crippen LogP contribution is -2.42. The lowest BCUT2D eigenvalue weighted by molar-refractivity contribution is -0.140. The van der Waals surface area contributed by atoms with Gasteiger partial charge in [0.15, 0.2) is 11.5 Å². The number of nitrogens with zero attached hydrogens (tertiary/aromatic N) is 4. The lowest BCUT2D eigenvalue weighted by Gasteiger charge is -2.30. The molecule has 1 saturated heterocycles. The van der Waals surface area contributed by atoms with Gasteiger partial charge in [0.25, 0.3) is 0 Å². The van der Waals surface area contributed by atoms with Gasteiger partial charge in [-0.3, -0.25) is 14.7 Å². The minimum atomic E-state index is -3.68. The summed E-state index contributed by atoms with van der Waals surface area (Å²) < 4.78 is 36.8. The zero-order valence-corrected chi connectivity index (χ0v) is 20.7. The highest BCUT2D eigenvalue weighted by molar-refractivity contribution is 7.89. The van der Waals surface area contributed by atoms with E-state index in [2.05, 4.69) is 28.1 Å². The molecule has 1 aromatic heterocycles. The van der Waals surface area contributed by atoms with Crippen LogP contribution in [0.3, 0.4) is 0 Å². The third-order valence-corrected chi connectivity index (χ3v) is 8.14. The molecule has 0 N–H and O–H groups in total. The second-order valence-corrected chi connectivity index (χ2v) is 10.9. The summed E-state index contributed by atoms with van der Waals surface area (Å²) in [6.07, 6.45) is 2.84. The Balaban J connectivity index is 1.27. The first-order chi connectivity index (χ1) is 16.9. The van der Waals surface area contributed by atoms with Crippen LogP contribution in [-0.2, 0) is 39.2 Å². The van der Waals surface area contributed by atoms with Crippen molar-refractivity contribution in [1.29, 1.82) is 5.26 Å². The van der Waals surface area contributed by atoms with Crippen molar-refractivity contribution in [3.63, 3.8) is 0 Å². The van der Waals surface area contributed by atoms with Crippen LogP contribution in [0, 0.1) is 17.2 Å². The maximum atomic E-state index is 12.4. The summed E-state index contributed by atoms with van der Waals surface area (Å²) in [6, 6.07) is 12.4. The van der Waals surface area contributed by atoms with E-state index in [1.54, 1.807) is 19.2 Å². The number of esters is 1. The summed E-state index contributed by atoms with van der Waals surface area (Å²) in [5.74, 6) is -0.765. The predicted octanol–water partition coefficient (Wildman–Crippen LogP) is 2.45. The highest BCUT2D eigenvalue weighted by atomic mass is 32.2. The topological polar surface area (TPSA) is 113 Å². The number of benzene rings is 1. The van der Waals surface area contributed by atoms with Crippen LogP contribution in [0.5, 0.6) is 5.75 Å². The maximum Gasteiger partial charge on any atom is 0.322 e. The molecule has 0 amide bonds. The molecule has 2 aliphatic rings. The van der Waals surface area contributed by atoms with Crippen molar-refractivity contribution in [2.45, 2.75) is 39.4 Å². The molecule has 0 atom stereocenters. The molecule has 0 bridgehead atoms. The molecule has 3 heterocycles. The maximum absolute atomic E-state index is 12.4. The van der Waals surface area contributed by atoms with E-state index in [0.29, 0.717) is 50.4 Å². The van der Waals surface area contributed by atoms with E-state index in [9.17, 15) is 18.5 Å². The van der Waals surface area contributed by atoms with Gasteiger partial charge in [0.2, 0.25) is 10.0 Å². The number of carbonyl (C=O) groups excluding carboxylic acids is 1. The number of aromatic nitrogens is 1. The molecule has 2 aromatic rings. The van der Waals surface area contributed by atoms with Crippen molar-refractivity contribution in [3.8, 4) is 11.8 Å². The monoisotopic (exact) mass is 498 g/mol. The Morgan fingerprint density at radius 1 is 1.20 bits per heavy atom. The van der Waals surface area contributed by atoms with Gasteiger partial charge in [0.1, 0.15) is 6.07 Å². The number of nitriles is 1. The first kappa shape index (κ1) is 25.1. The lowest BCUT2D eigenvalue weighted by atomic mass is 9.99. The Bertz CT molecular complexity index is 1180. The number of rotatable bonds is 9. The van der Waals surface area contributed by atoms with Crippen molar-refractivity contribution in [1.82, 2.24) is 14.2 Å². The largest absolute Gasteiger partial charge is 0.490 e. The number of pyridine rings is 1. The molecule has 0 saturated carbocycles.